The maximum atomic E-state index is 13.9. The fraction of sp³-hybridized carbons (Fsp3) is 0.138. The van der Waals surface area contributed by atoms with Gasteiger partial charge in [0.05, 0.1) is 39.4 Å². The van der Waals surface area contributed by atoms with E-state index in [1.807, 2.05) is 0 Å². The molecule has 0 bridgehead atoms. The van der Waals surface area contributed by atoms with Crippen molar-refractivity contribution in [2.75, 3.05) is 7.11 Å². The van der Waals surface area contributed by atoms with Crippen LogP contribution in [0.3, 0.4) is 0 Å². The third-order valence-electron chi connectivity index (χ3n) is 6.50. The molecule has 9 nitrogen and oxygen atoms in total. The Bertz CT molecular complexity index is 1990. The molecule has 220 valence electrons. The Balaban J connectivity index is 1.66. The summed E-state index contributed by atoms with van der Waals surface area (Å²) in [7, 11) is 1.24. The van der Waals surface area contributed by atoms with Gasteiger partial charge in [0.1, 0.15) is 5.75 Å². The number of allylic oxidation sites excluding steroid dienone is 1. The fourth-order valence-electron chi connectivity index (χ4n) is 4.55. The monoisotopic (exact) mass is 673 g/mol. The summed E-state index contributed by atoms with van der Waals surface area (Å²) >= 11 is 4.41. The number of carbonyl (C=O) groups excluding carboxylic acids is 1. The van der Waals surface area contributed by atoms with Gasteiger partial charge in [-0.15, -0.1) is 0 Å². The number of esters is 1. The van der Waals surface area contributed by atoms with Crippen molar-refractivity contribution in [3.63, 3.8) is 0 Å². The highest BCUT2D eigenvalue weighted by Gasteiger charge is 2.34. The number of rotatable bonds is 6. The molecule has 5 rings (SSSR count). The molecule has 4 aromatic rings. The highest BCUT2D eigenvalue weighted by Crippen LogP contribution is 2.39. The fourth-order valence-corrected chi connectivity index (χ4v) is 5.97. The Kier molecular flexibility index (Phi) is 8.08. The van der Waals surface area contributed by atoms with Crippen LogP contribution in [-0.4, -0.2) is 22.6 Å². The number of nitro benzene ring substituents is 1. The minimum Gasteiger partial charge on any atom is -0.466 e. The average molecular weight is 674 g/mol. The Morgan fingerprint density at radius 2 is 1.81 bits per heavy atom. The standard InChI is InChI=1S/C29H19BrF3N3O6S/c1-15-24(27(38)41-2)25(16-6-4-3-5-7-16)35-26(37)23(43-28(35)34-15)13-17-12-19(30)9-11-21(17)42-22-10-8-18(29(31,32)33)14-20(22)36(39)40/h3-14,25H,1-2H3. The lowest BCUT2D eigenvalue weighted by molar-refractivity contribution is -0.385. The summed E-state index contributed by atoms with van der Waals surface area (Å²) in [4.78, 5) is 42.1. The van der Waals surface area contributed by atoms with Crippen molar-refractivity contribution in [2.45, 2.75) is 19.1 Å². The van der Waals surface area contributed by atoms with Crippen molar-refractivity contribution in [3.05, 3.63) is 129 Å². The molecule has 0 spiro atoms. The largest absolute Gasteiger partial charge is 0.466 e. The maximum absolute atomic E-state index is 13.9. The first kappa shape index (κ1) is 29.9. The van der Waals surface area contributed by atoms with Crippen LogP contribution in [0.25, 0.3) is 6.08 Å². The van der Waals surface area contributed by atoms with E-state index < -0.39 is 45.7 Å². The first-order valence-corrected chi connectivity index (χ1v) is 14.0. The first-order valence-electron chi connectivity index (χ1n) is 12.4. The number of ether oxygens (including phenoxy) is 2. The van der Waals surface area contributed by atoms with Crippen LogP contribution in [-0.2, 0) is 15.7 Å². The molecule has 0 aliphatic carbocycles. The van der Waals surface area contributed by atoms with Crippen molar-refractivity contribution in [1.82, 2.24) is 4.57 Å². The van der Waals surface area contributed by atoms with Gasteiger partial charge in [0.2, 0.25) is 5.75 Å². The molecular weight excluding hydrogens is 655 g/mol. The van der Waals surface area contributed by atoms with E-state index in [1.54, 1.807) is 49.4 Å². The Hall–Kier alpha value is -4.56. The molecule has 1 aromatic heterocycles. The molecule has 0 saturated heterocycles. The SMILES string of the molecule is COC(=O)C1=C(C)N=c2sc(=Cc3cc(Br)ccc3Oc3ccc(C(F)(F)F)cc3[N+](=O)[O-])c(=O)n2C1c1ccccc1. The molecule has 1 aliphatic rings. The summed E-state index contributed by atoms with van der Waals surface area (Å²) in [5.41, 5.74) is -1.00. The number of alkyl halides is 3. The molecule has 1 atom stereocenters. The van der Waals surface area contributed by atoms with Crippen LogP contribution in [0.1, 0.15) is 29.7 Å². The molecule has 3 aromatic carbocycles. The van der Waals surface area contributed by atoms with Crippen LogP contribution >= 0.6 is 27.3 Å². The number of halogens is 4. The first-order chi connectivity index (χ1) is 20.4. The van der Waals surface area contributed by atoms with Crippen molar-refractivity contribution in [3.8, 4) is 11.5 Å². The summed E-state index contributed by atoms with van der Waals surface area (Å²) in [6, 6.07) is 14.7. The third kappa shape index (κ3) is 5.88. The number of hydrogen-bond acceptors (Lipinski definition) is 8. The number of hydrogen-bond donors (Lipinski definition) is 0. The van der Waals surface area contributed by atoms with Gasteiger partial charge in [-0.05, 0) is 48.9 Å². The topological polar surface area (TPSA) is 113 Å². The van der Waals surface area contributed by atoms with E-state index >= 15 is 0 Å². The van der Waals surface area contributed by atoms with Gasteiger partial charge in [-0.2, -0.15) is 13.2 Å². The number of methoxy groups -OCH3 is 1. The van der Waals surface area contributed by atoms with E-state index in [2.05, 4.69) is 20.9 Å². The van der Waals surface area contributed by atoms with Gasteiger partial charge in [0, 0.05) is 16.1 Å². The lowest BCUT2D eigenvalue weighted by Gasteiger charge is -2.24. The smallest absolute Gasteiger partial charge is 0.416 e. The molecule has 0 saturated carbocycles. The highest BCUT2D eigenvalue weighted by atomic mass is 79.9. The lowest BCUT2D eigenvalue weighted by Crippen LogP contribution is -2.39. The van der Waals surface area contributed by atoms with Gasteiger partial charge >= 0.3 is 17.8 Å². The quantitative estimate of drug-likeness (QED) is 0.143. The predicted molar refractivity (Wildman–Crippen MR) is 155 cm³/mol. The van der Waals surface area contributed by atoms with Crippen molar-refractivity contribution in [2.24, 2.45) is 4.99 Å². The van der Waals surface area contributed by atoms with Gasteiger partial charge in [0.25, 0.3) is 5.56 Å². The summed E-state index contributed by atoms with van der Waals surface area (Å²) in [6.45, 7) is 1.65. The maximum Gasteiger partial charge on any atom is 0.416 e. The van der Waals surface area contributed by atoms with Crippen LogP contribution in [0, 0.1) is 10.1 Å². The summed E-state index contributed by atoms with van der Waals surface area (Å²) in [6.07, 6.45) is -3.30. The zero-order valence-corrected chi connectivity index (χ0v) is 24.6. The summed E-state index contributed by atoms with van der Waals surface area (Å²) < 4.78 is 52.5. The highest BCUT2D eigenvalue weighted by molar-refractivity contribution is 9.10. The predicted octanol–water partition coefficient (Wildman–Crippen LogP) is 5.89. The van der Waals surface area contributed by atoms with E-state index in [4.69, 9.17) is 9.47 Å². The minimum atomic E-state index is -4.79. The Labute approximate surface area is 253 Å². The normalized spacial score (nSPS) is 15.1. The van der Waals surface area contributed by atoms with Crippen LogP contribution in [0.15, 0.2) is 92.3 Å². The number of carbonyl (C=O) groups is 1. The number of aromatic nitrogens is 1. The Morgan fingerprint density at radius 1 is 1.12 bits per heavy atom. The van der Waals surface area contributed by atoms with E-state index in [0.717, 1.165) is 17.4 Å². The molecule has 0 radical (unpaired) electrons. The minimum absolute atomic E-state index is 0.0444. The van der Waals surface area contributed by atoms with E-state index in [1.165, 1.54) is 23.8 Å². The van der Waals surface area contributed by atoms with Gasteiger partial charge in [-0.3, -0.25) is 19.5 Å². The Morgan fingerprint density at radius 3 is 2.47 bits per heavy atom. The second-order valence-corrected chi connectivity index (χ2v) is 11.1. The van der Waals surface area contributed by atoms with Crippen molar-refractivity contribution >= 4 is 45.0 Å². The number of benzene rings is 3. The van der Waals surface area contributed by atoms with Gasteiger partial charge in [0.15, 0.2) is 4.80 Å². The van der Waals surface area contributed by atoms with Crippen molar-refractivity contribution < 1.29 is 32.4 Å². The molecule has 1 unspecified atom stereocenters. The zero-order valence-electron chi connectivity index (χ0n) is 22.2. The molecule has 43 heavy (non-hydrogen) atoms. The van der Waals surface area contributed by atoms with E-state index in [-0.39, 0.29) is 15.9 Å². The van der Waals surface area contributed by atoms with Gasteiger partial charge in [-0.1, -0.05) is 57.6 Å². The number of fused-ring (bicyclic) bond motifs is 1. The number of nitro groups is 1. The van der Waals surface area contributed by atoms with E-state index in [0.29, 0.717) is 38.2 Å². The van der Waals surface area contributed by atoms with E-state index in [9.17, 15) is 32.9 Å². The second-order valence-electron chi connectivity index (χ2n) is 9.21. The van der Waals surface area contributed by atoms with Gasteiger partial charge in [-0.25, -0.2) is 9.79 Å². The van der Waals surface area contributed by atoms with Gasteiger partial charge < -0.3 is 9.47 Å². The molecule has 0 N–H and O–H groups in total. The molecule has 2 heterocycles. The summed E-state index contributed by atoms with van der Waals surface area (Å²) in [5.74, 6) is -1.01. The molecule has 14 heteroatoms. The lowest BCUT2D eigenvalue weighted by atomic mass is 9.96. The zero-order chi connectivity index (χ0) is 31.1. The molecular formula is C29H19BrF3N3O6S. The van der Waals surface area contributed by atoms with Crippen molar-refractivity contribution in [1.29, 1.82) is 0 Å². The molecule has 1 aliphatic heterocycles. The number of thiazole rings is 1. The molecule has 0 amide bonds. The van der Waals surface area contributed by atoms with Crippen LogP contribution < -0.4 is 19.6 Å². The second kappa shape index (κ2) is 11.6. The number of nitrogens with zero attached hydrogens (tertiary/aromatic N) is 3. The van der Waals surface area contributed by atoms with Crippen LogP contribution in [0.2, 0.25) is 0 Å². The van der Waals surface area contributed by atoms with Crippen LogP contribution in [0.4, 0.5) is 18.9 Å². The van der Waals surface area contributed by atoms with Crippen LogP contribution in [0.5, 0.6) is 11.5 Å². The average Bonchev–Trinajstić information content (AvgIpc) is 3.27. The summed E-state index contributed by atoms with van der Waals surface area (Å²) in [5, 5.41) is 11.6. The third-order valence-corrected chi connectivity index (χ3v) is 7.98. The molecule has 0 fully saturated rings.